The smallest absolute Gasteiger partial charge is 0.130 e. The molecule has 0 bridgehead atoms. The van der Waals surface area contributed by atoms with Crippen LogP contribution in [0.25, 0.3) is 0 Å². The lowest BCUT2D eigenvalue weighted by molar-refractivity contribution is 0.143. The second-order valence-corrected chi connectivity index (χ2v) is 5.90. The molecular formula is C15H13Cl3FNO. The normalized spacial score (nSPS) is 14.0. The lowest BCUT2D eigenvalue weighted by Gasteiger charge is -2.23. The van der Waals surface area contributed by atoms with Gasteiger partial charge in [0.25, 0.3) is 0 Å². The Morgan fingerprint density at radius 2 is 1.57 bits per heavy atom. The van der Waals surface area contributed by atoms with E-state index >= 15 is 0 Å². The van der Waals surface area contributed by atoms with E-state index < -0.39 is 17.8 Å². The van der Waals surface area contributed by atoms with E-state index in [-0.39, 0.29) is 17.1 Å². The maximum absolute atomic E-state index is 13.9. The first-order valence-electron chi connectivity index (χ1n) is 6.22. The molecule has 0 aliphatic carbocycles. The summed E-state index contributed by atoms with van der Waals surface area (Å²) in [6.07, 6.45) is -1.13. The van der Waals surface area contributed by atoms with Crippen LogP contribution in [0.4, 0.5) is 4.39 Å². The SMILES string of the molecule is NCC(c1ccc(Cl)cc1Cl)C(O)c1ccc(Cl)cc1F. The Kier molecular flexibility index (Phi) is 5.47. The monoisotopic (exact) mass is 347 g/mol. The predicted octanol–water partition coefficient (Wildman–Crippen LogP) is 4.56. The van der Waals surface area contributed by atoms with Crippen LogP contribution in [0.3, 0.4) is 0 Å². The molecule has 0 saturated heterocycles. The maximum Gasteiger partial charge on any atom is 0.130 e. The average Bonchev–Trinajstić information content (AvgIpc) is 2.41. The zero-order chi connectivity index (χ0) is 15.6. The van der Waals surface area contributed by atoms with Crippen molar-refractivity contribution < 1.29 is 9.50 Å². The summed E-state index contributed by atoms with van der Waals surface area (Å²) in [5, 5.41) is 11.6. The van der Waals surface area contributed by atoms with Gasteiger partial charge in [-0.3, -0.25) is 0 Å². The van der Waals surface area contributed by atoms with E-state index in [9.17, 15) is 9.50 Å². The number of aliphatic hydroxyl groups is 1. The number of nitrogens with two attached hydrogens (primary N) is 1. The molecule has 21 heavy (non-hydrogen) atoms. The van der Waals surface area contributed by atoms with Crippen LogP contribution in [-0.4, -0.2) is 11.7 Å². The van der Waals surface area contributed by atoms with Crippen LogP contribution in [-0.2, 0) is 0 Å². The highest BCUT2D eigenvalue weighted by Crippen LogP contribution is 2.36. The van der Waals surface area contributed by atoms with E-state index in [1.807, 2.05) is 0 Å². The van der Waals surface area contributed by atoms with Gasteiger partial charge in [-0.15, -0.1) is 0 Å². The molecule has 2 aromatic rings. The first-order valence-corrected chi connectivity index (χ1v) is 7.35. The van der Waals surface area contributed by atoms with Gasteiger partial charge in [-0.2, -0.15) is 0 Å². The van der Waals surface area contributed by atoms with Crippen LogP contribution < -0.4 is 5.73 Å². The molecule has 3 N–H and O–H groups in total. The topological polar surface area (TPSA) is 46.2 Å². The van der Waals surface area contributed by atoms with Crippen LogP contribution >= 0.6 is 34.8 Å². The van der Waals surface area contributed by atoms with Gasteiger partial charge in [-0.25, -0.2) is 4.39 Å². The summed E-state index contributed by atoms with van der Waals surface area (Å²) in [4.78, 5) is 0. The highest BCUT2D eigenvalue weighted by molar-refractivity contribution is 6.35. The zero-order valence-corrected chi connectivity index (χ0v) is 13.1. The Hall–Kier alpha value is -0.840. The van der Waals surface area contributed by atoms with Gasteiger partial charge < -0.3 is 10.8 Å². The number of halogens is 4. The van der Waals surface area contributed by atoms with E-state index in [4.69, 9.17) is 40.5 Å². The molecule has 2 unspecified atom stereocenters. The third kappa shape index (κ3) is 3.68. The van der Waals surface area contributed by atoms with Crippen molar-refractivity contribution in [3.8, 4) is 0 Å². The third-order valence-corrected chi connectivity index (χ3v) is 4.08. The van der Waals surface area contributed by atoms with E-state index in [0.717, 1.165) is 6.07 Å². The lowest BCUT2D eigenvalue weighted by atomic mass is 9.89. The van der Waals surface area contributed by atoms with E-state index in [1.165, 1.54) is 12.1 Å². The van der Waals surface area contributed by atoms with Gasteiger partial charge in [0, 0.05) is 33.1 Å². The quantitative estimate of drug-likeness (QED) is 0.850. The van der Waals surface area contributed by atoms with Gasteiger partial charge in [0.2, 0.25) is 0 Å². The second kappa shape index (κ2) is 6.95. The molecule has 0 saturated carbocycles. The highest BCUT2D eigenvalue weighted by Gasteiger charge is 2.26. The fraction of sp³-hybridized carbons (Fsp3) is 0.200. The van der Waals surface area contributed by atoms with Crippen LogP contribution in [0.1, 0.15) is 23.1 Å². The summed E-state index contributed by atoms with van der Waals surface area (Å²) in [6.45, 7) is 0.102. The Morgan fingerprint density at radius 1 is 1.00 bits per heavy atom. The van der Waals surface area contributed by atoms with Gasteiger partial charge in [-0.1, -0.05) is 46.9 Å². The van der Waals surface area contributed by atoms with E-state index in [0.29, 0.717) is 15.6 Å². The summed E-state index contributed by atoms with van der Waals surface area (Å²) >= 11 is 17.7. The molecule has 112 valence electrons. The Labute approximate surface area is 137 Å². The molecule has 2 atom stereocenters. The van der Waals surface area contributed by atoms with Crippen molar-refractivity contribution in [3.63, 3.8) is 0 Å². The van der Waals surface area contributed by atoms with Gasteiger partial charge in [0.15, 0.2) is 0 Å². The van der Waals surface area contributed by atoms with Crippen molar-refractivity contribution in [2.75, 3.05) is 6.54 Å². The Balaban J connectivity index is 2.40. The number of benzene rings is 2. The fourth-order valence-electron chi connectivity index (χ4n) is 2.19. The summed E-state index contributed by atoms with van der Waals surface area (Å²) in [5.41, 5.74) is 6.47. The molecule has 0 aromatic heterocycles. The minimum absolute atomic E-state index is 0.102. The van der Waals surface area contributed by atoms with E-state index in [1.54, 1.807) is 18.2 Å². The molecule has 0 radical (unpaired) electrons. The molecule has 0 aliphatic rings. The van der Waals surface area contributed by atoms with Crippen LogP contribution in [0, 0.1) is 5.82 Å². The summed E-state index contributed by atoms with van der Waals surface area (Å²) in [6, 6.07) is 8.99. The first kappa shape index (κ1) is 16.5. The highest BCUT2D eigenvalue weighted by atomic mass is 35.5. The maximum atomic E-state index is 13.9. The van der Waals surface area contributed by atoms with Crippen molar-refractivity contribution in [3.05, 3.63) is 68.4 Å². The summed E-state index contributed by atoms with van der Waals surface area (Å²) < 4.78 is 13.9. The van der Waals surface area contributed by atoms with Gasteiger partial charge in [0.05, 0.1) is 6.10 Å². The standard InChI is InChI=1S/C15H13Cl3FNO/c16-8-1-3-10(13(18)5-8)12(7-20)15(21)11-4-2-9(17)6-14(11)19/h1-6,12,15,21H,7,20H2. The minimum Gasteiger partial charge on any atom is -0.388 e. The Bertz CT molecular complexity index is 651. The number of hydrogen-bond acceptors (Lipinski definition) is 2. The second-order valence-electron chi connectivity index (χ2n) is 4.62. The van der Waals surface area contributed by atoms with Crippen molar-refractivity contribution in [2.45, 2.75) is 12.0 Å². The number of aliphatic hydroxyl groups excluding tert-OH is 1. The average molecular weight is 349 g/mol. The van der Waals surface area contributed by atoms with Gasteiger partial charge in [-0.05, 0) is 29.8 Å². The van der Waals surface area contributed by atoms with Crippen LogP contribution in [0.2, 0.25) is 15.1 Å². The largest absolute Gasteiger partial charge is 0.388 e. The Morgan fingerprint density at radius 3 is 2.10 bits per heavy atom. The zero-order valence-electron chi connectivity index (χ0n) is 10.9. The molecule has 2 nitrogen and oxygen atoms in total. The van der Waals surface area contributed by atoms with Crippen molar-refractivity contribution in [1.82, 2.24) is 0 Å². The molecule has 6 heteroatoms. The van der Waals surface area contributed by atoms with Crippen LogP contribution in [0.5, 0.6) is 0 Å². The van der Waals surface area contributed by atoms with E-state index in [2.05, 4.69) is 0 Å². The first-order chi connectivity index (χ1) is 9.93. The van der Waals surface area contributed by atoms with Gasteiger partial charge in [0.1, 0.15) is 5.82 Å². The fourth-order valence-corrected chi connectivity index (χ4v) is 2.89. The number of rotatable bonds is 4. The van der Waals surface area contributed by atoms with Crippen molar-refractivity contribution in [2.24, 2.45) is 5.73 Å². The van der Waals surface area contributed by atoms with Crippen LogP contribution in [0.15, 0.2) is 36.4 Å². The number of hydrogen-bond donors (Lipinski definition) is 2. The molecular weight excluding hydrogens is 336 g/mol. The third-order valence-electron chi connectivity index (χ3n) is 3.28. The lowest BCUT2D eigenvalue weighted by Crippen LogP contribution is -2.21. The minimum atomic E-state index is -1.13. The van der Waals surface area contributed by atoms with Gasteiger partial charge >= 0.3 is 0 Å². The molecule has 0 aliphatic heterocycles. The van der Waals surface area contributed by atoms with Crippen molar-refractivity contribution in [1.29, 1.82) is 0 Å². The molecule has 0 heterocycles. The molecule has 0 amide bonds. The molecule has 2 rings (SSSR count). The molecule has 2 aromatic carbocycles. The summed E-state index contributed by atoms with van der Waals surface area (Å²) in [7, 11) is 0. The molecule has 0 spiro atoms. The summed E-state index contributed by atoms with van der Waals surface area (Å²) in [5.74, 6) is -1.14. The predicted molar refractivity (Wildman–Crippen MR) is 84.6 cm³/mol. The van der Waals surface area contributed by atoms with Crippen molar-refractivity contribution >= 4 is 34.8 Å². The molecule has 0 fully saturated rings.